The molecule has 0 spiro atoms. The van der Waals surface area contributed by atoms with Gasteiger partial charge in [0.2, 0.25) is 11.8 Å². The number of aryl methyl sites for hydroxylation is 2. The summed E-state index contributed by atoms with van der Waals surface area (Å²) in [5.74, 6) is 1.20. The van der Waals surface area contributed by atoms with Gasteiger partial charge in [0.1, 0.15) is 11.5 Å². The van der Waals surface area contributed by atoms with E-state index in [4.69, 9.17) is 9.26 Å². The Morgan fingerprint density at radius 3 is 2.72 bits per heavy atom. The number of rotatable bonds is 7. The number of aromatic nitrogens is 1. The van der Waals surface area contributed by atoms with Crippen LogP contribution in [0.5, 0.6) is 5.75 Å². The highest BCUT2D eigenvalue weighted by molar-refractivity contribution is 5.93. The smallest absolute Gasteiger partial charge is 0.245 e. The molecule has 0 bridgehead atoms. The van der Waals surface area contributed by atoms with Gasteiger partial charge in [-0.1, -0.05) is 17.3 Å². The molecule has 7 nitrogen and oxygen atoms in total. The molecule has 1 N–H and O–H groups in total. The first-order chi connectivity index (χ1) is 11.9. The van der Waals surface area contributed by atoms with Crippen LogP contribution in [0.1, 0.15) is 23.3 Å². The molecule has 0 aliphatic rings. The number of ether oxygens (including phenoxy) is 1. The number of hydrogen-bond donors (Lipinski definition) is 1. The lowest BCUT2D eigenvalue weighted by molar-refractivity contribution is -0.133. The van der Waals surface area contributed by atoms with Gasteiger partial charge in [-0.2, -0.15) is 0 Å². The van der Waals surface area contributed by atoms with Crippen LogP contribution in [0.15, 0.2) is 28.8 Å². The minimum absolute atomic E-state index is 0.0613. The standard InChI is InChI=1S/C18H23N3O4/c1-12-6-5-7-15(14(12)3)24-9-8-18(23)21(4)11-17(22)19-16-10-13(2)25-20-16/h5-7,10H,8-9,11H2,1-4H3,(H,19,20,22). The van der Waals surface area contributed by atoms with E-state index < -0.39 is 0 Å². The van der Waals surface area contributed by atoms with Gasteiger partial charge >= 0.3 is 0 Å². The third kappa shape index (κ3) is 5.34. The number of hydrogen-bond acceptors (Lipinski definition) is 5. The number of carbonyl (C=O) groups excluding carboxylic acids is 2. The minimum Gasteiger partial charge on any atom is -0.493 e. The highest BCUT2D eigenvalue weighted by Crippen LogP contribution is 2.20. The number of carbonyl (C=O) groups is 2. The Bertz CT molecular complexity index is 755. The molecule has 0 fully saturated rings. The summed E-state index contributed by atoms with van der Waals surface area (Å²) >= 11 is 0. The Kier molecular flexibility index (Phi) is 6.16. The summed E-state index contributed by atoms with van der Waals surface area (Å²) in [6.07, 6.45) is 0.195. The average molecular weight is 345 g/mol. The molecule has 1 aromatic heterocycles. The van der Waals surface area contributed by atoms with Gasteiger partial charge in [0.15, 0.2) is 5.82 Å². The maximum absolute atomic E-state index is 12.1. The molecule has 2 rings (SSSR count). The van der Waals surface area contributed by atoms with Gasteiger partial charge < -0.3 is 19.5 Å². The molecule has 0 atom stereocenters. The number of amides is 2. The normalized spacial score (nSPS) is 10.4. The zero-order valence-electron chi connectivity index (χ0n) is 15.0. The summed E-state index contributed by atoms with van der Waals surface area (Å²) in [6.45, 7) is 5.92. The van der Waals surface area contributed by atoms with Gasteiger partial charge in [-0.25, -0.2) is 0 Å². The van der Waals surface area contributed by atoms with E-state index in [2.05, 4.69) is 10.5 Å². The quantitative estimate of drug-likeness (QED) is 0.833. The van der Waals surface area contributed by atoms with Crippen molar-refractivity contribution >= 4 is 17.6 Å². The molecule has 7 heteroatoms. The molecule has 1 aromatic carbocycles. The summed E-state index contributed by atoms with van der Waals surface area (Å²) in [7, 11) is 1.58. The number of anilines is 1. The van der Waals surface area contributed by atoms with Gasteiger partial charge in [0, 0.05) is 13.1 Å². The van der Waals surface area contributed by atoms with E-state index in [1.807, 2.05) is 32.0 Å². The molecule has 1 heterocycles. The lowest BCUT2D eigenvalue weighted by Crippen LogP contribution is -2.35. The summed E-state index contributed by atoms with van der Waals surface area (Å²) in [5.41, 5.74) is 2.20. The Labute approximate surface area is 146 Å². The summed E-state index contributed by atoms with van der Waals surface area (Å²) in [5, 5.41) is 6.25. The summed E-state index contributed by atoms with van der Waals surface area (Å²) < 4.78 is 10.5. The van der Waals surface area contributed by atoms with Crippen molar-refractivity contribution < 1.29 is 18.8 Å². The Morgan fingerprint density at radius 2 is 2.04 bits per heavy atom. The Morgan fingerprint density at radius 1 is 1.28 bits per heavy atom. The zero-order chi connectivity index (χ0) is 18.4. The van der Waals surface area contributed by atoms with Crippen molar-refractivity contribution in [3.63, 3.8) is 0 Å². The molecule has 2 aromatic rings. The molecule has 0 aliphatic carbocycles. The fraction of sp³-hybridized carbons (Fsp3) is 0.389. The van der Waals surface area contributed by atoms with Crippen LogP contribution in [0.4, 0.5) is 5.82 Å². The number of nitrogens with zero attached hydrogens (tertiary/aromatic N) is 2. The lowest BCUT2D eigenvalue weighted by Gasteiger charge is -2.17. The lowest BCUT2D eigenvalue weighted by atomic mass is 10.1. The molecule has 0 radical (unpaired) electrons. The monoisotopic (exact) mass is 345 g/mol. The first kappa shape index (κ1) is 18.5. The van der Waals surface area contributed by atoms with Crippen LogP contribution in [0.25, 0.3) is 0 Å². The maximum Gasteiger partial charge on any atom is 0.245 e. The second-order valence-corrected chi connectivity index (χ2v) is 5.92. The van der Waals surface area contributed by atoms with E-state index in [9.17, 15) is 9.59 Å². The van der Waals surface area contributed by atoms with Gasteiger partial charge in [0.05, 0.1) is 19.6 Å². The second-order valence-electron chi connectivity index (χ2n) is 5.92. The van der Waals surface area contributed by atoms with Crippen LogP contribution < -0.4 is 10.1 Å². The number of likely N-dealkylation sites (N-methyl/N-ethyl adjacent to an activating group) is 1. The van der Waals surface area contributed by atoms with Crippen LogP contribution in [0.3, 0.4) is 0 Å². The molecule has 0 unspecified atom stereocenters. The van der Waals surface area contributed by atoms with E-state index in [1.165, 1.54) is 4.90 Å². The first-order valence-corrected chi connectivity index (χ1v) is 8.03. The van der Waals surface area contributed by atoms with E-state index in [-0.39, 0.29) is 31.4 Å². The van der Waals surface area contributed by atoms with Crippen LogP contribution in [-0.2, 0) is 9.59 Å². The highest BCUT2D eigenvalue weighted by atomic mass is 16.5. The van der Waals surface area contributed by atoms with Crippen molar-refractivity contribution in [1.29, 1.82) is 0 Å². The van der Waals surface area contributed by atoms with Crippen molar-refractivity contribution in [3.05, 3.63) is 41.2 Å². The van der Waals surface area contributed by atoms with Crippen LogP contribution in [0, 0.1) is 20.8 Å². The van der Waals surface area contributed by atoms with Gasteiger partial charge in [-0.3, -0.25) is 9.59 Å². The first-order valence-electron chi connectivity index (χ1n) is 8.03. The second kappa shape index (κ2) is 8.32. The number of benzene rings is 1. The summed E-state index contributed by atoms with van der Waals surface area (Å²) in [4.78, 5) is 25.4. The predicted octanol–water partition coefficient (Wildman–Crippen LogP) is 2.47. The molecule has 2 amide bonds. The molecule has 134 valence electrons. The average Bonchev–Trinajstić information content (AvgIpc) is 2.96. The largest absolute Gasteiger partial charge is 0.493 e. The molecular formula is C18H23N3O4. The van der Waals surface area contributed by atoms with Crippen molar-refractivity contribution in [1.82, 2.24) is 10.1 Å². The fourth-order valence-electron chi connectivity index (χ4n) is 2.23. The predicted molar refractivity (Wildman–Crippen MR) is 93.5 cm³/mol. The third-order valence-electron chi connectivity index (χ3n) is 3.83. The highest BCUT2D eigenvalue weighted by Gasteiger charge is 2.14. The number of nitrogens with one attached hydrogen (secondary N) is 1. The van der Waals surface area contributed by atoms with Gasteiger partial charge in [-0.15, -0.1) is 0 Å². The van der Waals surface area contributed by atoms with E-state index in [0.717, 1.165) is 16.9 Å². The van der Waals surface area contributed by atoms with Crippen LogP contribution in [0.2, 0.25) is 0 Å². The topological polar surface area (TPSA) is 84.7 Å². The van der Waals surface area contributed by atoms with Crippen molar-refractivity contribution in [3.8, 4) is 5.75 Å². The third-order valence-corrected chi connectivity index (χ3v) is 3.83. The molecule has 0 saturated heterocycles. The van der Waals surface area contributed by atoms with Gasteiger partial charge in [-0.05, 0) is 38.0 Å². The molecular weight excluding hydrogens is 322 g/mol. The van der Waals surface area contributed by atoms with E-state index in [0.29, 0.717) is 11.6 Å². The molecule has 0 aliphatic heterocycles. The Hall–Kier alpha value is -2.83. The summed E-state index contributed by atoms with van der Waals surface area (Å²) in [6, 6.07) is 7.42. The van der Waals surface area contributed by atoms with Gasteiger partial charge in [0.25, 0.3) is 0 Å². The van der Waals surface area contributed by atoms with Crippen molar-refractivity contribution in [2.75, 3.05) is 25.5 Å². The minimum atomic E-state index is -0.334. The molecule has 0 saturated carbocycles. The van der Waals surface area contributed by atoms with Crippen molar-refractivity contribution in [2.45, 2.75) is 27.2 Å². The van der Waals surface area contributed by atoms with Crippen LogP contribution >= 0.6 is 0 Å². The Balaban J connectivity index is 1.76. The molecule has 25 heavy (non-hydrogen) atoms. The zero-order valence-corrected chi connectivity index (χ0v) is 15.0. The maximum atomic E-state index is 12.1. The van der Waals surface area contributed by atoms with Crippen LogP contribution in [-0.4, -0.2) is 42.1 Å². The fourth-order valence-corrected chi connectivity index (χ4v) is 2.23. The SMILES string of the molecule is Cc1cc(NC(=O)CN(C)C(=O)CCOc2cccc(C)c2C)no1. The van der Waals surface area contributed by atoms with E-state index >= 15 is 0 Å². The van der Waals surface area contributed by atoms with Crippen molar-refractivity contribution in [2.24, 2.45) is 0 Å². The van der Waals surface area contributed by atoms with E-state index in [1.54, 1.807) is 20.0 Å².